The molecule has 3 amide bonds. The van der Waals surface area contributed by atoms with E-state index in [4.69, 9.17) is 4.74 Å². The Morgan fingerprint density at radius 1 is 1.14 bits per heavy atom. The van der Waals surface area contributed by atoms with E-state index in [0.29, 0.717) is 48.7 Å². The fourth-order valence-corrected chi connectivity index (χ4v) is 4.88. The van der Waals surface area contributed by atoms with Crippen molar-refractivity contribution in [1.29, 1.82) is 0 Å². The average Bonchev–Trinajstić information content (AvgIpc) is 3.56. The SMILES string of the molecule is CC(=C(NC(=O)c1ccnn1C)C(=O)Nc1ccc2c(c1)NC(=O)C21CCOCC1)c1ccn(C)c1. The number of rotatable bonds is 5. The Balaban J connectivity index is 1.44. The molecule has 186 valence electrons. The van der Waals surface area contributed by atoms with Gasteiger partial charge in [0.15, 0.2) is 0 Å². The van der Waals surface area contributed by atoms with E-state index >= 15 is 0 Å². The van der Waals surface area contributed by atoms with Crippen molar-refractivity contribution in [3.05, 3.63) is 71.4 Å². The van der Waals surface area contributed by atoms with Crippen LogP contribution in [0.15, 0.2) is 54.6 Å². The normalized spacial score (nSPS) is 16.8. The number of hydrogen-bond acceptors (Lipinski definition) is 5. The van der Waals surface area contributed by atoms with Gasteiger partial charge in [0.25, 0.3) is 11.8 Å². The molecule has 1 saturated heterocycles. The van der Waals surface area contributed by atoms with Gasteiger partial charge < -0.3 is 25.3 Å². The Kier molecular flexibility index (Phi) is 5.97. The lowest BCUT2D eigenvalue weighted by Crippen LogP contribution is -2.39. The number of carbonyl (C=O) groups excluding carboxylic acids is 3. The number of benzene rings is 1. The monoisotopic (exact) mass is 488 g/mol. The van der Waals surface area contributed by atoms with E-state index in [9.17, 15) is 14.4 Å². The molecular weight excluding hydrogens is 460 g/mol. The smallest absolute Gasteiger partial charge is 0.274 e. The fraction of sp³-hybridized carbons (Fsp3) is 0.308. The van der Waals surface area contributed by atoms with E-state index in [2.05, 4.69) is 21.0 Å². The number of hydrogen-bond donors (Lipinski definition) is 3. The fourth-order valence-electron chi connectivity index (χ4n) is 4.88. The number of nitrogens with one attached hydrogen (secondary N) is 3. The molecule has 0 unspecified atom stereocenters. The van der Waals surface area contributed by atoms with E-state index in [1.54, 1.807) is 32.2 Å². The zero-order valence-corrected chi connectivity index (χ0v) is 20.4. The number of fused-ring (bicyclic) bond motifs is 2. The highest BCUT2D eigenvalue weighted by molar-refractivity contribution is 6.13. The summed E-state index contributed by atoms with van der Waals surface area (Å²) in [6, 6.07) is 8.88. The van der Waals surface area contributed by atoms with Crippen molar-refractivity contribution >= 4 is 34.7 Å². The number of ether oxygens (including phenoxy) is 1. The summed E-state index contributed by atoms with van der Waals surface area (Å²) >= 11 is 0. The predicted octanol–water partition coefficient (Wildman–Crippen LogP) is 2.56. The highest BCUT2D eigenvalue weighted by atomic mass is 16.5. The van der Waals surface area contributed by atoms with Crippen molar-refractivity contribution < 1.29 is 19.1 Å². The summed E-state index contributed by atoms with van der Waals surface area (Å²) in [5.74, 6) is -0.955. The zero-order chi connectivity index (χ0) is 25.4. The van der Waals surface area contributed by atoms with E-state index < -0.39 is 17.2 Å². The molecule has 2 aliphatic rings. The van der Waals surface area contributed by atoms with Crippen LogP contribution in [0, 0.1) is 0 Å². The summed E-state index contributed by atoms with van der Waals surface area (Å²) in [5, 5.41) is 12.7. The number of allylic oxidation sites excluding steroid dienone is 1. The molecule has 10 nitrogen and oxygen atoms in total. The van der Waals surface area contributed by atoms with Gasteiger partial charge in [0.2, 0.25) is 5.91 Å². The lowest BCUT2D eigenvalue weighted by atomic mass is 9.75. The number of aromatic nitrogens is 3. The highest BCUT2D eigenvalue weighted by Gasteiger charge is 2.47. The molecular formula is C26H28N6O4. The predicted molar refractivity (Wildman–Crippen MR) is 134 cm³/mol. The summed E-state index contributed by atoms with van der Waals surface area (Å²) in [5.41, 5.74) is 3.40. The van der Waals surface area contributed by atoms with Gasteiger partial charge in [0, 0.05) is 57.3 Å². The van der Waals surface area contributed by atoms with Gasteiger partial charge in [-0.3, -0.25) is 19.1 Å². The number of amides is 3. The van der Waals surface area contributed by atoms with Gasteiger partial charge in [0.1, 0.15) is 11.4 Å². The van der Waals surface area contributed by atoms with Crippen molar-refractivity contribution in [1.82, 2.24) is 19.7 Å². The maximum absolute atomic E-state index is 13.5. The van der Waals surface area contributed by atoms with Crippen LogP contribution in [-0.4, -0.2) is 45.3 Å². The average molecular weight is 489 g/mol. The molecule has 1 fully saturated rings. The maximum Gasteiger partial charge on any atom is 0.274 e. The van der Waals surface area contributed by atoms with Crippen LogP contribution in [0.4, 0.5) is 11.4 Å². The van der Waals surface area contributed by atoms with Gasteiger partial charge in [-0.05, 0) is 60.7 Å². The number of carbonyl (C=O) groups is 3. The maximum atomic E-state index is 13.5. The summed E-state index contributed by atoms with van der Waals surface area (Å²) in [6.45, 7) is 2.86. The van der Waals surface area contributed by atoms with Crippen LogP contribution in [0.2, 0.25) is 0 Å². The van der Waals surface area contributed by atoms with Gasteiger partial charge in [-0.15, -0.1) is 0 Å². The Morgan fingerprint density at radius 3 is 2.58 bits per heavy atom. The van der Waals surface area contributed by atoms with Crippen molar-refractivity contribution in [2.75, 3.05) is 23.8 Å². The van der Waals surface area contributed by atoms with Crippen LogP contribution in [0.1, 0.15) is 41.4 Å². The molecule has 0 saturated carbocycles. The molecule has 1 spiro atoms. The molecule has 1 aromatic carbocycles. The summed E-state index contributed by atoms with van der Waals surface area (Å²) < 4.78 is 8.78. The highest BCUT2D eigenvalue weighted by Crippen LogP contribution is 2.45. The van der Waals surface area contributed by atoms with Crippen LogP contribution in [0.25, 0.3) is 5.57 Å². The third-order valence-electron chi connectivity index (χ3n) is 6.98. The lowest BCUT2D eigenvalue weighted by Gasteiger charge is -2.31. The zero-order valence-electron chi connectivity index (χ0n) is 20.4. The van der Waals surface area contributed by atoms with E-state index in [1.165, 1.54) is 10.9 Å². The number of aryl methyl sites for hydroxylation is 2. The van der Waals surface area contributed by atoms with Crippen LogP contribution in [0.5, 0.6) is 0 Å². The minimum atomic E-state index is -0.581. The molecule has 3 aromatic rings. The van der Waals surface area contributed by atoms with Crippen LogP contribution in [-0.2, 0) is 33.8 Å². The van der Waals surface area contributed by atoms with Gasteiger partial charge in [-0.1, -0.05) is 6.07 Å². The standard InChI is InChI=1S/C26H28N6O4/c1-16(17-7-11-31(2)15-17)22(30-23(33)21-6-10-27-32(21)3)24(34)28-18-4-5-19-20(14-18)29-25(35)26(19)8-12-36-13-9-26/h4-7,10-11,14-15H,8-9,12-13H2,1-3H3,(H,28,34)(H,29,35)(H,30,33). The molecule has 0 aliphatic carbocycles. The van der Waals surface area contributed by atoms with E-state index in [0.717, 1.165) is 11.1 Å². The number of nitrogens with zero attached hydrogens (tertiary/aromatic N) is 3. The first-order valence-electron chi connectivity index (χ1n) is 11.8. The van der Waals surface area contributed by atoms with Crippen molar-refractivity contribution in [2.24, 2.45) is 14.1 Å². The Hall–Kier alpha value is -4.18. The van der Waals surface area contributed by atoms with Crippen LogP contribution < -0.4 is 16.0 Å². The number of anilines is 2. The molecule has 36 heavy (non-hydrogen) atoms. The van der Waals surface area contributed by atoms with E-state index in [-0.39, 0.29) is 11.6 Å². The third kappa shape index (κ3) is 4.09. The van der Waals surface area contributed by atoms with Crippen molar-refractivity contribution in [3.8, 4) is 0 Å². The summed E-state index contributed by atoms with van der Waals surface area (Å²) in [7, 11) is 3.54. The van der Waals surface area contributed by atoms with Crippen molar-refractivity contribution in [2.45, 2.75) is 25.2 Å². The van der Waals surface area contributed by atoms with Crippen molar-refractivity contribution in [3.63, 3.8) is 0 Å². The second-order valence-corrected chi connectivity index (χ2v) is 9.22. The topological polar surface area (TPSA) is 119 Å². The first kappa shape index (κ1) is 23.6. The van der Waals surface area contributed by atoms with Gasteiger partial charge in [-0.2, -0.15) is 5.10 Å². The van der Waals surface area contributed by atoms with Crippen LogP contribution in [0.3, 0.4) is 0 Å². The summed E-state index contributed by atoms with van der Waals surface area (Å²) in [4.78, 5) is 39.3. The van der Waals surface area contributed by atoms with Crippen LogP contribution >= 0.6 is 0 Å². The molecule has 2 aliphatic heterocycles. The van der Waals surface area contributed by atoms with Gasteiger partial charge in [0.05, 0.1) is 5.41 Å². The Morgan fingerprint density at radius 2 is 1.92 bits per heavy atom. The molecule has 3 N–H and O–H groups in total. The molecule has 0 bridgehead atoms. The minimum Gasteiger partial charge on any atom is -0.381 e. The lowest BCUT2D eigenvalue weighted by molar-refractivity contribution is -0.124. The molecule has 0 radical (unpaired) electrons. The molecule has 5 rings (SSSR count). The Bertz CT molecular complexity index is 1390. The molecule has 2 aromatic heterocycles. The molecule has 10 heteroatoms. The van der Waals surface area contributed by atoms with Gasteiger partial charge in [-0.25, -0.2) is 0 Å². The molecule has 0 atom stereocenters. The third-order valence-corrected chi connectivity index (χ3v) is 6.98. The minimum absolute atomic E-state index is 0.0341. The largest absolute Gasteiger partial charge is 0.381 e. The molecule has 4 heterocycles. The quantitative estimate of drug-likeness (QED) is 0.477. The first-order chi connectivity index (χ1) is 17.3. The second kappa shape index (κ2) is 9.12. The van der Waals surface area contributed by atoms with E-state index in [1.807, 2.05) is 36.1 Å². The van der Waals surface area contributed by atoms with Gasteiger partial charge >= 0.3 is 0 Å². The second-order valence-electron chi connectivity index (χ2n) is 9.22. The Labute approximate surface area is 208 Å². The summed E-state index contributed by atoms with van der Waals surface area (Å²) in [6.07, 6.45) is 6.51. The first-order valence-corrected chi connectivity index (χ1v) is 11.8.